The van der Waals surface area contributed by atoms with Crippen LogP contribution in [0.15, 0.2) is 81.1 Å². The number of amides is 1. The molecule has 1 aromatic heterocycles. The second-order valence-corrected chi connectivity index (χ2v) is 12.6. The van der Waals surface area contributed by atoms with Crippen LogP contribution in [0, 0.1) is 13.8 Å². The second kappa shape index (κ2) is 15.0. The monoisotopic (exact) mass is 730 g/mol. The minimum absolute atomic E-state index is 0.160. The van der Waals surface area contributed by atoms with Gasteiger partial charge in [-0.1, -0.05) is 55.8 Å². The molecular weight excluding hydrogens is 696 g/mol. The van der Waals surface area contributed by atoms with Crippen molar-refractivity contribution in [2.75, 3.05) is 25.6 Å². The van der Waals surface area contributed by atoms with E-state index in [0.29, 0.717) is 44.8 Å². The van der Waals surface area contributed by atoms with E-state index in [4.69, 9.17) is 30.8 Å². The van der Waals surface area contributed by atoms with Gasteiger partial charge in [-0.25, -0.2) is 4.98 Å². The predicted molar refractivity (Wildman–Crippen MR) is 195 cm³/mol. The number of para-hydroxylation sites is 2. The number of nitrogens with one attached hydrogen (secondary N) is 1. The maximum atomic E-state index is 13.9. The first-order valence-corrected chi connectivity index (χ1v) is 16.6. The molecule has 0 aliphatic carbocycles. The number of halogens is 2. The fourth-order valence-corrected chi connectivity index (χ4v) is 5.88. The van der Waals surface area contributed by atoms with Crippen molar-refractivity contribution in [2.24, 2.45) is 5.10 Å². The van der Waals surface area contributed by atoms with Gasteiger partial charge in [0, 0.05) is 21.3 Å². The van der Waals surface area contributed by atoms with Gasteiger partial charge in [-0.05, 0) is 95.7 Å². The van der Waals surface area contributed by atoms with E-state index in [1.54, 1.807) is 31.4 Å². The summed E-state index contributed by atoms with van der Waals surface area (Å²) in [5, 5.41) is 8.11. The Labute approximate surface area is 292 Å². The van der Waals surface area contributed by atoms with E-state index < -0.39 is 0 Å². The Morgan fingerprint density at radius 1 is 1.04 bits per heavy atom. The molecule has 5 aromatic rings. The average Bonchev–Trinajstić information content (AvgIpc) is 3.07. The molecule has 0 saturated carbocycles. The summed E-state index contributed by atoms with van der Waals surface area (Å²) < 4.78 is 19.1. The van der Waals surface area contributed by atoms with E-state index in [9.17, 15) is 9.59 Å². The van der Waals surface area contributed by atoms with Crippen LogP contribution in [0.2, 0.25) is 5.02 Å². The summed E-state index contributed by atoms with van der Waals surface area (Å²) in [6, 6.07) is 20.3. The lowest BCUT2D eigenvalue weighted by atomic mass is 9.96. The van der Waals surface area contributed by atoms with Gasteiger partial charge in [0.1, 0.15) is 10.8 Å². The lowest BCUT2D eigenvalue weighted by Gasteiger charge is -2.18. The number of aromatic nitrogens is 2. The highest BCUT2D eigenvalue weighted by Crippen LogP contribution is 2.42. The number of anilines is 1. The Balaban J connectivity index is 1.56. The SMILES string of the molecule is CCOc1cc(C=Nn2c(-c3cc(C(C)C)c(OC)cc3C)nc3ccccc3c2=O)c(Br)c(Cl)c1OCC(=O)Nc1ccccc1C. The van der Waals surface area contributed by atoms with E-state index in [1.807, 2.05) is 63.2 Å². The quantitative estimate of drug-likeness (QED) is 0.137. The van der Waals surface area contributed by atoms with Crippen LogP contribution in [0.1, 0.15) is 48.9 Å². The fourth-order valence-electron chi connectivity index (χ4n) is 5.23. The van der Waals surface area contributed by atoms with Gasteiger partial charge in [-0.15, -0.1) is 0 Å². The Bertz CT molecular complexity index is 2090. The molecule has 4 aromatic carbocycles. The molecule has 1 N–H and O–H groups in total. The smallest absolute Gasteiger partial charge is 0.282 e. The molecule has 0 spiro atoms. The molecule has 0 atom stereocenters. The number of carbonyl (C=O) groups is 1. The van der Waals surface area contributed by atoms with Crippen LogP contribution in [-0.2, 0) is 4.79 Å². The molecular formula is C37H36BrClN4O5. The van der Waals surface area contributed by atoms with Crippen LogP contribution in [0.3, 0.4) is 0 Å². The number of methoxy groups -OCH3 is 1. The molecule has 0 unspecified atom stereocenters. The predicted octanol–water partition coefficient (Wildman–Crippen LogP) is 8.53. The van der Waals surface area contributed by atoms with Gasteiger partial charge in [0.2, 0.25) is 0 Å². The lowest BCUT2D eigenvalue weighted by Crippen LogP contribution is -2.21. The molecule has 1 heterocycles. The zero-order valence-electron chi connectivity index (χ0n) is 27.6. The minimum atomic E-state index is -0.352. The van der Waals surface area contributed by atoms with Crippen LogP contribution < -0.4 is 25.1 Å². The highest BCUT2D eigenvalue weighted by atomic mass is 79.9. The van der Waals surface area contributed by atoms with Gasteiger partial charge in [0.05, 0.1) is 30.8 Å². The molecule has 0 aliphatic rings. The number of hydrogen-bond acceptors (Lipinski definition) is 7. The van der Waals surface area contributed by atoms with Crippen molar-refractivity contribution in [3.63, 3.8) is 0 Å². The Morgan fingerprint density at radius 2 is 1.77 bits per heavy atom. The molecule has 11 heteroatoms. The molecule has 0 bridgehead atoms. The largest absolute Gasteiger partial charge is 0.496 e. The number of ether oxygens (including phenoxy) is 3. The summed E-state index contributed by atoms with van der Waals surface area (Å²) in [5.41, 5.74) is 4.96. The van der Waals surface area contributed by atoms with Crippen LogP contribution in [0.5, 0.6) is 17.2 Å². The van der Waals surface area contributed by atoms with Crippen LogP contribution in [0.25, 0.3) is 22.3 Å². The Morgan fingerprint density at radius 3 is 2.48 bits per heavy atom. The highest BCUT2D eigenvalue weighted by Gasteiger charge is 2.21. The number of fused-ring (bicyclic) bond motifs is 1. The van der Waals surface area contributed by atoms with Crippen molar-refractivity contribution >= 4 is 56.2 Å². The van der Waals surface area contributed by atoms with Gasteiger partial charge in [0.15, 0.2) is 23.9 Å². The number of carbonyl (C=O) groups excluding carboxylic acids is 1. The van der Waals surface area contributed by atoms with E-state index in [2.05, 4.69) is 40.2 Å². The highest BCUT2D eigenvalue weighted by molar-refractivity contribution is 9.10. The molecule has 48 heavy (non-hydrogen) atoms. The maximum Gasteiger partial charge on any atom is 0.282 e. The van der Waals surface area contributed by atoms with Crippen molar-refractivity contribution in [2.45, 2.75) is 40.5 Å². The summed E-state index contributed by atoms with van der Waals surface area (Å²) in [7, 11) is 1.64. The van der Waals surface area contributed by atoms with E-state index in [0.717, 1.165) is 28.0 Å². The van der Waals surface area contributed by atoms with Crippen molar-refractivity contribution in [1.82, 2.24) is 9.66 Å². The number of hydrogen-bond donors (Lipinski definition) is 1. The Hall–Kier alpha value is -4.67. The molecule has 1 amide bonds. The number of aryl methyl sites for hydroxylation is 2. The van der Waals surface area contributed by atoms with Gasteiger partial charge >= 0.3 is 0 Å². The molecule has 0 fully saturated rings. The summed E-state index contributed by atoms with van der Waals surface area (Å²) in [5.74, 6) is 1.46. The minimum Gasteiger partial charge on any atom is -0.496 e. The number of rotatable bonds is 11. The van der Waals surface area contributed by atoms with Crippen LogP contribution >= 0.6 is 27.5 Å². The van der Waals surface area contributed by atoms with Crippen molar-refractivity contribution in [1.29, 1.82) is 0 Å². The number of benzene rings is 4. The third-order valence-electron chi connectivity index (χ3n) is 7.73. The number of nitrogens with zero attached hydrogens (tertiary/aromatic N) is 3. The van der Waals surface area contributed by atoms with Crippen molar-refractivity contribution in [3.05, 3.63) is 109 Å². The maximum absolute atomic E-state index is 13.9. The summed E-state index contributed by atoms with van der Waals surface area (Å²) in [4.78, 5) is 31.6. The van der Waals surface area contributed by atoms with Crippen molar-refractivity contribution in [3.8, 4) is 28.6 Å². The molecule has 0 radical (unpaired) electrons. The zero-order chi connectivity index (χ0) is 34.5. The van der Waals surface area contributed by atoms with Gasteiger partial charge in [-0.3, -0.25) is 9.59 Å². The molecule has 248 valence electrons. The molecule has 9 nitrogen and oxygen atoms in total. The van der Waals surface area contributed by atoms with Gasteiger partial charge in [-0.2, -0.15) is 9.78 Å². The van der Waals surface area contributed by atoms with E-state index in [1.165, 1.54) is 10.9 Å². The van der Waals surface area contributed by atoms with Crippen molar-refractivity contribution < 1.29 is 19.0 Å². The molecule has 0 aliphatic heterocycles. The third kappa shape index (κ3) is 7.24. The van der Waals surface area contributed by atoms with Gasteiger partial charge in [0.25, 0.3) is 11.5 Å². The standard InChI is InChI=1S/C37H36BrClN4O5/c1-7-47-31-17-24(33(38)34(39)35(31)48-20-32(44)41-28-14-10-8-12-22(28)4)19-40-43-36(42-29-15-11-9-13-25(29)37(43)45)27-18-26(21(2)3)30(46-6)16-23(27)5/h8-19,21H,7,20H2,1-6H3,(H,41,44). The second-order valence-electron chi connectivity index (χ2n) is 11.4. The third-order valence-corrected chi connectivity index (χ3v) is 9.17. The first-order chi connectivity index (χ1) is 23.0. The normalized spacial score (nSPS) is 11.4. The van der Waals surface area contributed by atoms with E-state index >= 15 is 0 Å². The average molecular weight is 732 g/mol. The van der Waals surface area contributed by atoms with Crippen LogP contribution in [-0.4, -0.2) is 42.1 Å². The molecule has 0 saturated heterocycles. The summed E-state index contributed by atoms with van der Waals surface area (Å²) in [6.45, 7) is 9.86. The summed E-state index contributed by atoms with van der Waals surface area (Å²) in [6.07, 6.45) is 1.51. The first-order valence-electron chi connectivity index (χ1n) is 15.4. The summed E-state index contributed by atoms with van der Waals surface area (Å²) >= 11 is 10.3. The first kappa shape index (κ1) is 34.7. The molecule has 5 rings (SSSR count). The lowest BCUT2D eigenvalue weighted by molar-refractivity contribution is -0.118. The zero-order valence-corrected chi connectivity index (χ0v) is 29.9. The van der Waals surface area contributed by atoms with E-state index in [-0.39, 0.29) is 34.8 Å². The Kier molecular flexibility index (Phi) is 10.9. The fraction of sp³-hybridized carbons (Fsp3) is 0.243. The van der Waals surface area contributed by atoms with Gasteiger partial charge < -0.3 is 19.5 Å². The van der Waals surface area contributed by atoms with Crippen LogP contribution in [0.4, 0.5) is 5.69 Å². The topological polar surface area (TPSA) is 104 Å².